The van der Waals surface area contributed by atoms with Crippen molar-refractivity contribution in [3.05, 3.63) is 28.8 Å². The molecule has 1 rings (SSSR count). The number of ether oxygens (including phenoxy) is 1. The molecular formula is C12H15Cl2NO4S. The van der Waals surface area contributed by atoms with E-state index < -0.39 is 15.0 Å². The summed E-state index contributed by atoms with van der Waals surface area (Å²) in [6, 6.07) is 4.13. The van der Waals surface area contributed by atoms with Crippen LogP contribution in [0.1, 0.15) is 17.3 Å². The predicted molar refractivity (Wildman–Crippen MR) is 77.9 cm³/mol. The highest BCUT2D eigenvalue weighted by Crippen LogP contribution is 2.27. The van der Waals surface area contributed by atoms with E-state index in [1.807, 2.05) is 0 Å². The van der Waals surface area contributed by atoms with Gasteiger partial charge in [0.1, 0.15) is 0 Å². The van der Waals surface area contributed by atoms with Crippen LogP contribution in [0, 0.1) is 0 Å². The lowest BCUT2D eigenvalue weighted by Gasteiger charge is -2.22. The first-order valence-corrected chi connectivity index (χ1v) is 8.53. The molecular weight excluding hydrogens is 325 g/mol. The average molecular weight is 340 g/mol. The van der Waals surface area contributed by atoms with Gasteiger partial charge in [-0.15, -0.1) is 0 Å². The second kappa shape index (κ2) is 7.26. The fraction of sp³-hybridized carbons (Fsp3) is 0.417. The first-order valence-electron chi connectivity index (χ1n) is 5.84. The van der Waals surface area contributed by atoms with Crippen molar-refractivity contribution in [3.8, 4) is 0 Å². The van der Waals surface area contributed by atoms with Crippen molar-refractivity contribution in [2.24, 2.45) is 0 Å². The lowest BCUT2D eigenvalue weighted by atomic mass is 10.2. The van der Waals surface area contributed by atoms with Crippen LogP contribution in [0.5, 0.6) is 0 Å². The number of likely N-dealkylation sites (N-methyl/N-ethyl adjacent to an activating group) is 1. The topological polar surface area (TPSA) is 63.7 Å². The van der Waals surface area contributed by atoms with Gasteiger partial charge in [-0.05, 0) is 19.1 Å². The van der Waals surface area contributed by atoms with Crippen molar-refractivity contribution >= 4 is 37.2 Å². The van der Waals surface area contributed by atoms with Gasteiger partial charge in [0.25, 0.3) is 15.0 Å². The maximum atomic E-state index is 12.4. The molecule has 0 aromatic heterocycles. The van der Waals surface area contributed by atoms with E-state index in [0.29, 0.717) is 19.7 Å². The van der Waals surface area contributed by atoms with Crippen LogP contribution in [0.4, 0.5) is 0 Å². The number of hydrogen-bond donors (Lipinski definition) is 0. The Hall–Kier alpha value is -0.820. The first kappa shape index (κ1) is 17.2. The molecule has 0 aliphatic rings. The van der Waals surface area contributed by atoms with E-state index in [2.05, 4.69) is 0 Å². The van der Waals surface area contributed by atoms with Gasteiger partial charge in [-0.2, -0.15) is 0 Å². The van der Waals surface area contributed by atoms with Crippen molar-refractivity contribution in [2.75, 3.05) is 26.8 Å². The van der Waals surface area contributed by atoms with Gasteiger partial charge in [0.05, 0.1) is 22.1 Å². The van der Waals surface area contributed by atoms with Crippen LogP contribution in [0.25, 0.3) is 0 Å². The van der Waals surface area contributed by atoms with Gasteiger partial charge in [-0.25, -0.2) is 8.42 Å². The highest BCUT2D eigenvalue weighted by molar-refractivity contribution is 8.13. The third-order valence-electron chi connectivity index (χ3n) is 2.69. The average Bonchev–Trinajstić information content (AvgIpc) is 2.38. The molecule has 0 spiro atoms. The Morgan fingerprint density at radius 1 is 1.40 bits per heavy atom. The van der Waals surface area contributed by atoms with Crippen LogP contribution in [-0.4, -0.2) is 46.0 Å². The van der Waals surface area contributed by atoms with Gasteiger partial charge in [-0.3, -0.25) is 4.79 Å². The summed E-state index contributed by atoms with van der Waals surface area (Å²) >= 11 is 5.96. The zero-order valence-corrected chi connectivity index (χ0v) is 13.4. The molecule has 20 heavy (non-hydrogen) atoms. The number of carbonyl (C=O) groups excluding carboxylic acids is 1. The fourth-order valence-corrected chi connectivity index (χ4v) is 3.06. The van der Waals surface area contributed by atoms with Crippen LogP contribution in [0.2, 0.25) is 5.02 Å². The second-order valence-corrected chi connectivity index (χ2v) is 6.87. The number of rotatable bonds is 6. The van der Waals surface area contributed by atoms with Gasteiger partial charge in [-0.1, -0.05) is 17.7 Å². The molecule has 8 heteroatoms. The lowest BCUT2D eigenvalue weighted by Crippen LogP contribution is -2.34. The highest BCUT2D eigenvalue weighted by atomic mass is 35.7. The van der Waals surface area contributed by atoms with E-state index in [9.17, 15) is 13.2 Å². The summed E-state index contributed by atoms with van der Waals surface area (Å²) in [7, 11) is 2.81. The summed E-state index contributed by atoms with van der Waals surface area (Å²) in [5.74, 6) is -0.491. The molecule has 0 fully saturated rings. The van der Waals surface area contributed by atoms with Crippen molar-refractivity contribution in [1.29, 1.82) is 0 Å². The minimum absolute atomic E-state index is 0.0487. The number of carbonyl (C=O) groups is 1. The van der Waals surface area contributed by atoms with Crippen LogP contribution in [0.15, 0.2) is 23.1 Å². The Morgan fingerprint density at radius 3 is 2.55 bits per heavy atom. The van der Waals surface area contributed by atoms with Crippen LogP contribution < -0.4 is 0 Å². The quantitative estimate of drug-likeness (QED) is 0.746. The summed E-state index contributed by atoms with van der Waals surface area (Å²) in [6.07, 6.45) is 0. The van der Waals surface area contributed by atoms with Crippen molar-refractivity contribution in [3.63, 3.8) is 0 Å². The molecule has 1 aromatic carbocycles. The SMILES string of the molecule is CCN(CCOC)C(=O)c1c(Cl)cccc1S(=O)(=O)Cl. The van der Waals surface area contributed by atoms with E-state index in [0.717, 1.165) is 0 Å². The molecule has 0 N–H and O–H groups in total. The van der Waals surface area contributed by atoms with Crippen LogP contribution >= 0.6 is 22.3 Å². The minimum Gasteiger partial charge on any atom is -0.383 e. The molecule has 1 amide bonds. The molecule has 0 heterocycles. The molecule has 5 nitrogen and oxygen atoms in total. The van der Waals surface area contributed by atoms with Crippen molar-refractivity contribution in [1.82, 2.24) is 4.90 Å². The fourth-order valence-electron chi connectivity index (χ4n) is 1.68. The van der Waals surface area contributed by atoms with Crippen LogP contribution in [0.3, 0.4) is 0 Å². The van der Waals surface area contributed by atoms with E-state index in [-0.39, 0.29) is 15.5 Å². The molecule has 0 aliphatic heterocycles. The molecule has 0 bridgehead atoms. The molecule has 0 radical (unpaired) electrons. The molecule has 0 unspecified atom stereocenters. The molecule has 0 atom stereocenters. The molecule has 112 valence electrons. The summed E-state index contributed by atoms with van der Waals surface area (Å²) in [5, 5.41) is 0.0487. The predicted octanol–water partition coefficient (Wildman–Crippen LogP) is 2.38. The smallest absolute Gasteiger partial charge is 0.262 e. The Labute approximate surface area is 127 Å². The van der Waals surface area contributed by atoms with E-state index >= 15 is 0 Å². The lowest BCUT2D eigenvalue weighted by molar-refractivity contribution is 0.0703. The van der Waals surface area contributed by atoms with E-state index in [1.165, 1.54) is 30.2 Å². The van der Waals surface area contributed by atoms with Crippen LogP contribution in [-0.2, 0) is 13.8 Å². The Kier molecular flexibility index (Phi) is 6.26. The first-order chi connectivity index (χ1) is 9.32. The second-order valence-electron chi connectivity index (χ2n) is 3.93. The highest BCUT2D eigenvalue weighted by Gasteiger charge is 2.26. The Bertz CT molecular complexity index is 589. The number of benzene rings is 1. The molecule has 0 saturated carbocycles. The number of amides is 1. The number of nitrogens with zero attached hydrogens (tertiary/aromatic N) is 1. The van der Waals surface area contributed by atoms with Gasteiger partial charge < -0.3 is 9.64 Å². The van der Waals surface area contributed by atoms with Crippen molar-refractivity contribution < 1.29 is 17.9 Å². The van der Waals surface area contributed by atoms with E-state index in [4.69, 9.17) is 27.0 Å². The standard InChI is InChI=1S/C12H15Cl2NO4S/c1-3-15(7-8-19-2)12(16)11-9(13)5-4-6-10(11)20(14,17)18/h4-6H,3,7-8H2,1-2H3. The third kappa shape index (κ3) is 4.09. The van der Waals surface area contributed by atoms with Gasteiger partial charge in [0.2, 0.25) is 0 Å². The maximum Gasteiger partial charge on any atom is 0.262 e. The number of halogens is 2. The van der Waals surface area contributed by atoms with Gasteiger partial charge in [0, 0.05) is 30.9 Å². The van der Waals surface area contributed by atoms with Gasteiger partial charge in [0.15, 0.2) is 0 Å². The number of hydrogen-bond acceptors (Lipinski definition) is 4. The molecule has 1 aromatic rings. The molecule has 0 saturated heterocycles. The maximum absolute atomic E-state index is 12.4. The minimum atomic E-state index is -4.05. The number of methoxy groups -OCH3 is 1. The molecule has 0 aliphatic carbocycles. The summed E-state index contributed by atoms with van der Waals surface area (Å²) < 4.78 is 28.0. The monoisotopic (exact) mass is 339 g/mol. The Morgan fingerprint density at radius 2 is 2.05 bits per heavy atom. The summed E-state index contributed by atoms with van der Waals surface area (Å²) in [4.78, 5) is 13.6. The largest absolute Gasteiger partial charge is 0.383 e. The van der Waals surface area contributed by atoms with E-state index in [1.54, 1.807) is 6.92 Å². The zero-order valence-electron chi connectivity index (χ0n) is 11.1. The summed E-state index contributed by atoms with van der Waals surface area (Å²) in [5.41, 5.74) is -0.109. The summed E-state index contributed by atoms with van der Waals surface area (Å²) in [6.45, 7) is 2.85. The van der Waals surface area contributed by atoms with Gasteiger partial charge >= 0.3 is 0 Å². The van der Waals surface area contributed by atoms with Crippen molar-refractivity contribution in [2.45, 2.75) is 11.8 Å². The normalized spacial score (nSPS) is 11.4. The Balaban J connectivity index is 3.27. The zero-order chi connectivity index (χ0) is 15.3. The third-order valence-corrected chi connectivity index (χ3v) is 4.37.